The van der Waals surface area contributed by atoms with Crippen LogP contribution in [0.1, 0.15) is 30.5 Å². The Kier molecular flexibility index (Phi) is 3.34. The fourth-order valence-corrected chi connectivity index (χ4v) is 2.08. The molecule has 1 unspecified atom stereocenters. The van der Waals surface area contributed by atoms with E-state index in [0.29, 0.717) is 12.6 Å². The topological polar surface area (TPSA) is 30.5 Å². The van der Waals surface area contributed by atoms with Gasteiger partial charge in [-0.25, -0.2) is 0 Å². The molecule has 0 saturated heterocycles. The van der Waals surface area contributed by atoms with Crippen LogP contribution in [0, 0.1) is 6.92 Å². The highest BCUT2D eigenvalue weighted by atomic mass is 16.5. The number of ether oxygens (including phenoxy) is 2. The molecule has 3 nitrogen and oxygen atoms in total. The van der Waals surface area contributed by atoms with Crippen LogP contribution in [0.2, 0.25) is 0 Å². The van der Waals surface area contributed by atoms with Crippen molar-refractivity contribution in [1.29, 1.82) is 0 Å². The molecule has 0 spiro atoms. The van der Waals surface area contributed by atoms with Gasteiger partial charge in [0.15, 0.2) is 11.5 Å². The van der Waals surface area contributed by atoms with Crippen LogP contribution in [0.5, 0.6) is 11.5 Å². The van der Waals surface area contributed by atoms with Gasteiger partial charge in [-0.15, -0.1) is 0 Å². The second-order valence-electron chi connectivity index (χ2n) is 4.20. The van der Waals surface area contributed by atoms with Gasteiger partial charge in [0.2, 0.25) is 0 Å². The quantitative estimate of drug-likeness (QED) is 0.847. The molecule has 1 heterocycles. The fourth-order valence-electron chi connectivity index (χ4n) is 2.08. The second-order valence-corrected chi connectivity index (χ2v) is 4.20. The standard InChI is InChI=1S/C13H19NO2/c1-4-5-14-11-8-16-13-10(11)6-9(2)7-12(13)15-3/h6-7,11,14H,4-5,8H2,1-3H3. The summed E-state index contributed by atoms with van der Waals surface area (Å²) in [4.78, 5) is 0. The molecule has 1 N–H and O–H groups in total. The van der Waals surface area contributed by atoms with E-state index in [0.717, 1.165) is 24.5 Å². The van der Waals surface area contributed by atoms with E-state index < -0.39 is 0 Å². The molecule has 1 aliphatic heterocycles. The van der Waals surface area contributed by atoms with Crippen LogP contribution in [-0.4, -0.2) is 20.3 Å². The number of nitrogens with one attached hydrogen (secondary N) is 1. The van der Waals surface area contributed by atoms with Crippen molar-refractivity contribution in [3.05, 3.63) is 23.3 Å². The molecule has 1 atom stereocenters. The predicted octanol–water partition coefficient (Wildman–Crippen LogP) is 2.44. The van der Waals surface area contributed by atoms with Gasteiger partial charge in [-0.05, 0) is 31.5 Å². The maximum Gasteiger partial charge on any atom is 0.166 e. The van der Waals surface area contributed by atoms with Crippen LogP contribution in [-0.2, 0) is 0 Å². The van der Waals surface area contributed by atoms with Crippen LogP contribution in [0.15, 0.2) is 12.1 Å². The molecule has 0 saturated carbocycles. The van der Waals surface area contributed by atoms with Gasteiger partial charge in [-0.2, -0.15) is 0 Å². The molecule has 88 valence electrons. The van der Waals surface area contributed by atoms with Crippen molar-refractivity contribution >= 4 is 0 Å². The van der Waals surface area contributed by atoms with E-state index in [-0.39, 0.29) is 0 Å². The average molecular weight is 221 g/mol. The summed E-state index contributed by atoms with van der Waals surface area (Å²) in [5, 5.41) is 3.49. The molecule has 0 amide bonds. The first kappa shape index (κ1) is 11.3. The van der Waals surface area contributed by atoms with E-state index in [1.165, 1.54) is 11.1 Å². The smallest absolute Gasteiger partial charge is 0.166 e. The summed E-state index contributed by atoms with van der Waals surface area (Å²) in [5.41, 5.74) is 2.44. The SMILES string of the molecule is CCCNC1COc2c(OC)cc(C)cc21. The average Bonchev–Trinajstić information content (AvgIpc) is 2.68. The first-order valence-corrected chi connectivity index (χ1v) is 5.81. The third kappa shape index (κ3) is 2.00. The summed E-state index contributed by atoms with van der Waals surface area (Å²) in [5.74, 6) is 1.75. The Morgan fingerprint density at radius 3 is 3.00 bits per heavy atom. The van der Waals surface area contributed by atoms with Gasteiger partial charge >= 0.3 is 0 Å². The van der Waals surface area contributed by atoms with E-state index in [2.05, 4.69) is 25.2 Å². The van der Waals surface area contributed by atoms with Gasteiger partial charge in [0.05, 0.1) is 13.2 Å². The van der Waals surface area contributed by atoms with Gasteiger partial charge in [-0.3, -0.25) is 0 Å². The van der Waals surface area contributed by atoms with Crippen LogP contribution in [0.4, 0.5) is 0 Å². The van der Waals surface area contributed by atoms with Crippen LogP contribution < -0.4 is 14.8 Å². The van der Waals surface area contributed by atoms with Gasteiger partial charge < -0.3 is 14.8 Å². The molecule has 2 rings (SSSR count). The Hall–Kier alpha value is -1.22. The summed E-state index contributed by atoms with van der Waals surface area (Å²) >= 11 is 0. The zero-order valence-corrected chi connectivity index (χ0v) is 10.2. The highest BCUT2D eigenvalue weighted by molar-refractivity contribution is 5.52. The lowest BCUT2D eigenvalue weighted by Gasteiger charge is -2.11. The summed E-state index contributed by atoms with van der Waals surface area (Å²) in [6.45, 7) is 5.97. The number of benzene rings is 1. The van der Waals surface area contributed by atoms with Gasteiger partial charge in [0, 0.05) is 5.56 Å². The van der Waals surface area contributed by atoms with Crippen LogP contribution in [0.25, 0.3) is 0 Å². The highest BCUT2D eigenvalue weighted by Gasteiger charge is 2.26. The van der Waals surface area contributed by atoms with Gasteiger partial charge in [0.1, 0.15) is 6.61 Å². The third-order valence-corrected chi connectivity index (χ3v) is 2.86. The lowest BCUT2D eigenvalue weighted by Crippen LogP contribution is -2.23. The Labute approximate surface area is 96.8 Å². The van der Waals surface area contributed by atoms with Crippen molar-refractivity contribution in [3.8, 4) is 11.5 Å². The Bertz CT molecular complexity index is 376. The molecular formula is C13H19NO2. The highest BCUT2D eigenvalue weighted by Crippen LogP contribution is 2.40. The summed E-state index contributed by atoms with van der Waals surface area (Å²) in [7, 11) is 1.69. The first-order chi connectivity index (χ1) is 7.76. The Balaban J connectivity index is 2.28. The van der Waals surface area contributed by atoms with Crippen molar-refractivity contribution in [2.24, 2.45) is 0 Å². The Morgan fingerprint density at radius 1 is 1.50 bits per heavy atom. The normalized spacial score (nSPS) is 18.1. The number of fused-ring (bicyclic) bond motifs is 1. The largest absolute Gasteiger partial charge is 0.493 e. The molecule has 0 aromatic heterocycles. The van der Waals surface area contributed by atoms with E-state index in [9.17, 15) is 0 Å². The number of hydrogen-bond acceptors (Lipinski definition) is 3. The van der Waals surface area contributed by atoms with Crippen LogP contribution in [0.3, 0.4) is 0 Å². The number of hydrogen-bond donors (Lipinski definition) is 1. The van der Waals surface area contributed by atoms with Crippen molar-refractivity contribution in [2.75, 3.05) is 20.3 Å². The molecular weight excluding hydrogens is 202 g/mol. The zero-order valence-electron chi connectivity index (χ0n) is 10.2. The summed E-state index contributed by atoms with van der Waals surface area (Å²) in [6.07, 6.45) is 1.13. The molecule has 1 aromatic rings. The van der Waals surface area contributed by atoms with Gasteiger partial charge in [0.25, 0.3) is 0 Å². The van der Waals surface area contributed by atoms with E-state index in [4.69, 9.17) is 9.47 Å². The number of rotatable bonds is 4. The van der Waals surface area contributed by atoms with Crippen molar-refractivity contribution < 1.29 is 9.47 Å². The number of methoxy groups -OCH3 is 1. The predicted molar refractivity (Wildman–Crippen MR) is 64.3 cm³/mol. The summed E-state index contributed by atoms with van der Waals surface area (Å²) < 4.78 is 11.0. The minimum Gasteiger partial charge on any atom is -0.493 e. The molecule has 0 aliphatic carbocycles. The van der Waals surface area contributed by atoms with Gasteiger partial charge in [-0.1, -0.05) is 13.0 Å². The lowest BCUT2D eigenvalue weighted by molar-refractivity contribution is 0.296. The van der Waals surface area contributed by atoms with Crippen molar-refractivity contribution in [3.63, 3.8) is 0 Å². The molecule has 16 heavy (non-hydrogen) atoms. The molecule has 1 aliphatic rings. The van der Waals surface area contributed by atoms with Crippen molar-refractivity contribution in [1.82, 2.24) is 5.32 Å². The monoisotopic (exact) mass is 221 g/mol. The lowest BCUT2D eigenvalue weighted by atomic mass is 10.0. The third-order valence-electron chi connectivity index (χ3n) is 2.86. The molecule has 1 aromatic carbocycles. The van der Waals surface area contributed by atoms with Crippen molar-refractivity contribution in [2.45, 2.75) is 26.3 Å². The fraction of sp³-hybridized carbons (Fsp3) is 0.538. The molecule has 3 heteroatoms. The van der Waals surface area contributed by atoms with E-state index in [1.54, 1.807) is 7.11 Å². The van der Waals surface area contributed by atoms with E-state index >= 15 is 0 Å². The molecule has 0 radical (unpaired) electrons. The van der Waals surface area contributed by atoms with Crippen LogP contribution >= 0.6 is 0 Å². The minimum absolute atomic E-state index is 0.309. The second kappa shape index (κ2) is 4.74. The van der Waals surface area contributed by atoms with E-state index in [1.807, 2.05) is 6.07 Å². The minimum atomic E-state index is 0.309. The Morgan fingerprint density at radius 2 is 2.31 bits per heavy atom. The molecule has 0 bridgehead atoms. The maximum atomic E-state index is 5.70. The maximum absolute atomic E-state index is 5.70. The zero-order chi connectivity index (χ0) is 11.5. The summed E-state index contributed by atoms with van der Waals surface area (Å²) in [6, 6.07) is 4.50. The first-order valence-electron chi connectivity index (χ1n) is 5.81. The molecule has 0 fully saturated rings. The number of aryl methyl sites for hydroxylation is 1.